The van der Waals surface area contributed by atoms with Gasteiger partial charge in [-0.3, -0.25) is 4.79 Å². The van der Waals surface area contributed by atoms with Crippen molar-refractivity contribution >= 4 is 5.97 Å². The molecule has 2 fully saturated rings. The summed E-state index contributed by atoms with van der Waals surface area (Å²) in [5, 5.41) is 0. The van der Waals surface area contributed by atoms with Gasteiger partial charge in [-0.05, 0) is 62.7 Å². The Hall–Kier alpha value is -0.530. The summed E-state index contributed by atoms with van der Waals surface area (Å²) < 4.78 is 5.69. The van der Waals surface area contributed by atoms with E-state index < -0.39 is 0 Å². The molecule has 2 atom stereocenters. The molecule has 128 valence electrons. The second-order valence-corrected chi connectivity index (χ2v) is 7.71. The van der Waals surface area contributed by atoms with E-state index in [0.717, 1.165) is 37.0 Å². The van der Waals surface area contributed by atoms with Gasteiger partial charge in [0.15, 0.2) is 0 Å². The Morgan fingerprint density at radius 2 is 1.73 bits per heavy atom. The SMILES string of the molecule is CCCCC1CCC(C2CCCC(OC(=O)CCC)C2)CC1. The molecule has 0 heterocycles. The van der Waals surface area contributed by atoms with Crippen molar-refractivity contribution in [2.75, 3.05) is 0 Å². The minimum Gasteiger partial charge on any atom is -0.462 e. The van der Waals surface area contributed by atoms with Crippen LogP contribution in [0.5, 0.6) is 0 Å². The van der Waals surface area contributed by atoms with Crippen LogP contribution in [0.25, 0.3) is 0 Å². The van der Waals surface area contributed by atoms with Crippen molar-refractivity contribution in [1.29, 1.82) is 0 Å². The molecular weight excluding hydrogens is 272 g/mol. The summed E-state index contributed by atoms with van der Waals surface area (Å²) in [5.41, 5.74) is 0. The highest BCUT2D eigenvalue weighted by Crippen LogP contribution is 2.41. The first-order valence-electron chi connectivity index (χ1n) is 9.92. The second kappa shape index (κ2) is 9.57. The molecule has 0 amide bonds. The first kappa shape index (κ1) is 17.8. The molecule has 0 saturated heterocycles. The molecule has 2 aliphatic carbocycles. The molecule has 2 unspecified atom stereocenters. The zero-order valence-electron chi connectivity index (χ0n) is 14.8. The van der Waals surface area contributed by atoms with Crippen molar-refractivity contribution in [3.05, 3.63) is 0 Å². The fourth-order valence-corrected chi connectivity index (χ4v) is 4.61. The van der Waals surface area contributed by atoms with E-state index in [0.29, 0.717) is 6.42 Å². The van der Waals surface area contributed by atoms with Gasteiger partial charge in [0.2, 0.25) is 0 Å². The Balaban J connectivity index is 1.72. The maximum Gasteiger partial charge on any atom is 0.306 e. The van der Waals surface area contributed by atoms with Gasteiger partial charge < -0.3 is 4.74 Å². The van der Waals surface area contributed by atoms with Crippen molar-refractivity contribution in [1.82, 2.24) is 0 Å². The topological polar surface area (TPSA) is 26.3 Å². The Bertz CT molecular complexity index is 318. The zero-order valence-corrected chi connectivity index (χ0v) is 14.8. The molecule has 0 aromatic heterocycles. The van der Waals surface area contributed by atoms with Gasteiger partial charge in [-0.1, -0.05) is 46.0 Å². The van der Waals surface area contributed by atoms with Crippen LogP contribution in [0.15, 0.2) is 0 Å². The lowest BCUT2D eigenvalue weighted by Gasteiger charge is -2.38. The van der Waals surface area contributed by atoms with Crippen LogP contribution < -0.4 is 0 Å². The Kier molecular flexibility index (Phi) is 7.75. The van der Waals surface area contributed by atoms with E-state index in [9.17, 15) is 4.79 Å². The van der Waals surface area contributed by atoms with Gasteiger partial charge in [-0.2, -0.15) is 0 Å². The average molecular weight is 309 g/mol. The molecule has 22 heavy (non-hydrogen) atoms. The minimum atomic E-state index is 0.0245. The highest BCUT2D eigenvalue weighted by Gasteiger charge is 2.32. The number of hydrogen-bond donors (Lipinski definition) is 0. The third kappa shape index (κ3) is 5.59. The average Bonchev–Trinajstić information content (AvgIpc) is 2.54. The van der Waals surface area contributed by atoms with Crippen LogP contribution in [-0.2, 0) is 9.53 Å². The third-order valence-electron chi connectivity index (χ3n) is 5.94. The van der Waals surface area contributed by atoms with Crippen molar-refractivity contribution < 1.29 is 9.53 Å². The Morgan fingerprint density at radius 1 is 0.955 bits per heavy atom. The molecule has 0 bridgehead atoms. The van der Waals surface area contributed by atoms with Crippen LogP contribution in [-0.4, -0.2) is 12.1 Å². The fourth-order valence-electron chi connectivity index (χ4n) is 4.61. The van der Waals surface area contributed by atoms with E-state index in [1.54, 1.807) is 0 Å². The molecule has 0 aliphatic heterocycles. The van der Waals surface area contributed by atoms with Crippen molar-refractivity contribution in [2.24, 2.45) is 17.8 Å². The second-order valence-electron chi connectivity index (χ2n) is 7.71. The quantitative estimate of drug-likeness (QED) is 0.548. The summed E-state index contributed by atoms with van der Waals surface area (Å²) in [5.74, 6) is 2.75. The first-order valence-corrected chi connectivity index (χ1v) is 9.92. The summed E-state index contributed by atoms with van der Waals surface area (Å²) >= 11 is 0. The fraction of sp³-hybridized carbons (Fsp3) is 0.950. The maximum absolute atomic E-state index is 11.7. The highest BCUT2D eigenvalue weighted by atomic mass is 16.5. The summed E-state index contributed by atoms with van der Waals surface area (Å²) in [6, 6.07) is 0. The van der Waals surface area contributed by atoms with E-state index in [2.05, 4.69) is 6.92 Å². The molecule has 0 aromatic carbocycles. The van der Waals surface area contributed by atoms with E-state index >= 15 is 0 Å². The monoisotopic (exact) mass is 308 g/mol. The molecule has 2 heteroatoms. The molecule has 2 aliphatic rings. The van der Waals surface area contributed by atoms with Crippen LogP contribution in [0.2, 0.25) is 0 Å². The van der Waals surface area contributed by atoms with Gasteiger partial charge in [0, 0.05) is 6.42 Å². The standard InChI is InChI=1S/C20H36O2/c1-3-5-8-16-11-13-17(14-12-16)18-9-6-10-19(15-18)22-20(21)7-4-2/h16-19H,3-15H2,1-2H3. The number of carbonyl (C=O) groups excluding carboxylic acids is 1. The zero-order chi connectivity index (χ0) is 15.8. The van der Waals surface area contributed by atoms with Crippen molar-refractivity contribution in [2.45, 2.75) is 103 Å². The molecule has 0 spiro atoms. The van der Waals surface area contributed by atoms with Gasteiger partial charge in [0.25, 0.3) is 0 Å². The van der Waals surface area contributed by atoms with E-state index in [1.807, 2.05) is 6.92 Å². The number of esters is 1. The summed E-state index contributed by atoms with van der Waals surface area (Å²) in [6.45, 7) is 4.34. The predicted molar refractivity (Wildman–Crippen MR) is 91.7 cm³/mol. The molecule has 0 aromatic rings. The third-order valence-corrected chi connectivity index (χ3v) is 5.94. The summed E-state index contributed by atoms with van der Waals surface area (Å²) in [7, 11) is 0. The van der Waals surface area contributed by atoms with Crippen LogP contribution >= 0.6 is 0 Å². The summed E-state index contributed by atoms with van der Waals surface area (Å²) in [6.07, 6.45) is 16.5. The van der Waals surface area contributed by atoms with E-state index in [-0.39, 0.29) is 12.1 Å². The van der Waals surface area contributed by atoms with E-state index in [4.69, 9.17) is 4.74 Å². The smallest absolute Gasteiger partial charge is 0.306 e. The highest BCUT2D eigenvalue weighted by molar-refractivity contribution is 5.69. The number of unbranched alkanes of at least 4 members (excludes halogenated alkanes) is 1. The van der Waals surface area contributed by atoms with Crippen molar-refractivity contribution in [3.8, 4) is 0 Å². The van der Waals surface area contributed by atoms with Gasteiger partial charge >= 0.3 is 5.97 Å². The first-order chi connectivity index (χ1) is 10.7. The number of hydrogen-bond acceptors (Lipinski definition) is 2. The lowest BCUT2D eigenvalue weighted by Crippen LogP contribution is -2.31. The minimum absolute atomic E-state index is 0.0245. The lowest BCUT2D eigenvalue weighted by atomic mass is 9.70. The van der Waals surface area contributed by atoms with Gasteiger partial charge in [-0.15, -0.1) is 0 Å². The number of ether oxygens (including phenoxy) is 1. The lowest BCUT2D eigenvalue weighted by molar-refractivity contribution is -0.151. The maximum atomic E-state index is 11.7. The normalized spacial score (nSPS) is 32.6. The number of carbonyl (C=O) groups is 1. The number of rotatable bonds is 7. The molecule has 2 nitrogen and oxygen atoms in total. The van der Waals surface area contributed by atoms with Crippen molar-refractivity contribution in [3.63, 3.8) is 0 Å². The van der Waals surface area contributed by atoms with Gasteiger partial charge in [0.1, 0.15) is 6.10 Å². The van der Waals surface area contributed by atoms with Gasteiger partial charge in [-0.25, -0.2) is 0 Å². The Morgan fingerprint density at radius 3 is 2.41 bits per heavy atom. The largest absolute Gasteiger partial charge is 0.462 e. The van der Waals surface area contributed by atoms with Gasteiger partial charge in [0.05, 0.1) is 0 Å². The summed E-state index contributed by atoms with van der Waals surface area (Å²) in [4.78, 5) is 11.7. The van der Waals surface area contributed by atoms with Crippen LogP contribution in [0.3, 0.4) is 0 Å². The molecule has 2 rings (SSSR count). The molecule has 0 radical (unpaired) electrons. The molecule has 0 N–H and O–H groups in total. The Labute approximate surface area is 137 Å². The predicted octanol–water partition coefficient (Wildman–Crippen LogP) is 5.89. The van der Waals surface area contributed by atoms with Crippen LogP contribution in [0, 0.1) is 17.8 Å². The molecular formula is C20H36O2. The van der Waals surface area contributed by atoms with Crippen LogP contribution in [0.1, 0.15) is 97.3 Å². The van der Waals surface area contributed by atoms with Crippen LogP contribution in [0.4, 0.5) is 0 Å². The van der Waals surface area contributed by atoms with E-state index in [1.165, 1.54) is 57.8 Å². The molecule has 2 saturated carbocycles.